The zero-order valence-corrected chi connectivity index (χ0v) is 18.1. The molecule has 2 N–H and O–H groups in total. The summed E-state index contributed by atoms with van der Waals surface area (Å²) in [7, 11) is 1.51. The van der Waals surface area contributed by atoms with Gasteiger partial charge in [0, 0.05) is 54.8 Å². The number of amides is 1. The number of carbonyl (C=O) groups excluding carboxylic acids is 1. The van der Waals surface area contributed by atoms with Gasteiger partial charge in [0.25, 0.3) is 5.91 Å². The molecular weight excluding hydrogens is 408 g/mol. The highest BCUT2D eigenvalue weighted by Crippen LogP contribution is 2.31. The molecule has 1 aliphatic heterocycles. The SMILES string of the molecule is COc1ncc2c(N3C[C@@H](C)N[C@H](C)C3)ccc(C(=O)Nc3cnn4cccnc34)c2n1. The molecule has 1 amide bonds. The minimum atomic E-state index is -0.301. The van der Waals surface area contributed by atoms with Crippen LogP contribution in [0.25, 0.3) is 16.6 Å². The first-order chi connectivity index (χ1) is 15.5. The molecule has 1 saturated heterocycles. The highest BCUT2D eigenvalue weighted by atomic mass is 16.5. The largest absolute Gasteiger partial charge is 0.467 e. The van der Waals surface area contributed by atoms with E-state index in [-0.39, 0.29) is 11.9 Å². The summed E-state index contributed by atoms with van der Waals surface area (Å²) in [6.07, 6.45) is 6.73. The number of benzene rings is 1. The first-order valence-electron chi connectivity index (χ1n) is 10.5. The number of rotatable bonds is 4. The molecule has 0 bridgehead atoms. The number of fused-ring (bicyclic) bond motifs is 2. The van der Waals surface area contributed by atoms with Gasteiger partial charge in [-0.25, -0.2) is 14.5 Å². The lowest BCUT2D eigenvalue weighted by Crippen LogP contribution is -2.54. The third-order valence-electron chi connectivity index (χ3n) is 5.56. The molecule has 0 saturated carbocycles. The van der Waals surface area contributed by atoms with E-state index in [4.69, 9.17) is 4.74 Å². The average Bonchev–Trinajstić information content (AvgIpc) is 3.20. The van der Waals surface area contributed by atoms with E-state index in [0.717, 1.165) is 24.2 Å². The third-order valence-corrected chi connectivity index (χ3v) is 5.56. The molecule has 1 aliphatic rings. The summed E-state index contributed by atoms with van der Waals surface area (Å²) in [5, 5.41) is 11.5. The van der Waals surface area contributed by atoms with Crippen LogP contribution < -0.4 is 20.3 Å². The maximum Gasteiger partial charge on any atom is 0.316 e. The summed E-state index contributed by atoms with van der Waals surface area (Å²) in [4.78, 5) is 28.7. The Morgan fingerprint density at radius 2 is 2.00 bits per heavy atom. The number of hydrogen-bond acceptors (Lipinski definition) is 8. The molecule has 0 spiro atoms. The monoisotopic (exact) mass is 432 g/mol. The second-order valence-corrected chi connectivity index (χ2v) is 8.03. The molecular formula is C22H24N8O2. The van der Waals surface area contributed by atoms with Crippen molar-refractivity contribution in [1.29, 1.82) is 0 Å². The van der Waals surface area contributed by atoms with Gasteiger partial charge in [0.05, 0.1) is 24.4 Å². The van der Waals surface area contributed by atoms with Gasteiger partial charge in [-0.15, -0.1) is 0 Å². The average molecular weight is 432 g/mol. The molecule has 1 fully saturated rings. The number of anilines is 2. The van der Waals surface area contributed by atoms with E-state index in [9.17, 15) is 4.79 Å². The van der Waals surface area contributed by atoms with E-state index in [1.54, 1.807) is 41.4 Å². The Balaban J connectivity index is 1.56. The van der Waals surface area contributed by atoms with Gasteiger partial charge in [-0.2, -0.15) is 10.1 Å². The Morgan fingerprint density at radius 1 is 1.19 bits per heavy atom. The maximum atomic E-state index is 13.3. The second kappa shape index (κ2) is 8.04. The van der Waals surface area contributed by atoms with Crippen molar-refractivity contribution in [1.82, 2.24) is 29.9 Å². The van der Waals surface area contributed by atoms with E-state index in [2.05, 4.69) is 49.4 Å². The van der Waals surface area contributed by atoms with Crippen molar-refractivity contribution in [2.75, 3.05) is 30.4 Å². The molecule has 4 aromatic rings. The Labute approximate surface area is 184 Å². The van der Waals surface area contributed by atoms with Gasteiger partial charge < -0.3 is 20.3 Å². The van der Waals surface area contributed by atoms with Crippen LogP contribution in [0, 0.1) is 0 Å². The molecule has 4 heterocycles. The van der Waals surface area contributed by atoms with Crippen LogP contribution in [-0.2, 0) is 0 Å². The van der Waals surface area contributed by atoms with Crippen LogP contribution >= 0.6 is 0 Å². The molecule has 2 atom stereocenters. The lowest BCUT2D eigenvalue weighted by Gasteiger charge is -2.38. The molecule has 3 aromatic heterocycles. The molecule has 1 aromatic carbocycles. The summed E-state index contributed by atoms with van der Waals surface area (Å²) in [6.45, 7) is 6.03. The van der Waals surface area contributed by atoms with Crippen molar-refractivity contribution >= 4 is 33.8 Å². The number of aromatic nitrogens is 5. The van der Waals surface area contributed by atoms with Crippen molar-refractivity contribution in [3.8, 4) is 6.01 Å². The van der Waals surface area contributed by atoms with E-state index < -0.39 is 0 Å². The highest BCUT2D eigenvalue weighted by molar-refractivity contribution is 6.14. The van der Waals surface area contributed by atoms with Gasteiger partial charge >= 0.3 is 6.01 Å². The third kappa shape index (κ3) is 3.58. The summed E-state index contributed by atoms with van der Waals surface area (Å²) >= 11 is 0. The number of nitrogens with zero attached hydrogens (tertiary/aromatic N) is 6. The number of ether oxygens (including phenoxy) is 1. The smallest absolute Gasteiger partial charge is 0.316 e. The van der Waals surface area contributed by atoms with Gasteiger partial charge in [0.15, 0.2) is 5.65 Å². The Bertz CT molecular complexity index is 1290. The standard InChI is InChI=1S/C22H24N8O2/c1-13-11-29(12-14(2)26-13)18-6-5-15(19-16(18)9-24-22(28-19)32-3)21(31)27-17-10-25-30-8-4-7-23-20(17)30/h4-10,13-14,26H,11-12H2,1-3H3,(H,27,31)/t13-,14-/m1/s1. The molecule has 0 radical (unpaired) electrons. The fourth-order valence-electron chi connectivity index (χ4n) is 4.28. The van der Waals surface area contributed by atoms with Crippen molar-refractivity contribution < 1.29 is 9.53 Å². The topological polar surface area (TPSA) is 110 Å². The molecule has 164 valence electrons. The summed E-state index contributed by atoms with van der Waals surface area (Å²) in [6, 6.07) is 6.45. The molecule has 0 aliphatic carbocycles. The van der Waals surface area contributed by atoms with Crippen molar-refractivity contribution in [2.24, 2.45) is 0 Å². The van der Waals surface area contributed by atoms with E-state index in [1.807, 2.05) is 6.07 Å². The van der Waals surface area contributed by atoms with E-state index in [0.29, 0.717) is 34.5 Å². The van der Waals surface area contributed by atoms with Crippen LogP contribution in [0.4, 0.5) is 11.4 Å². The Hall–Kier alpha value is -3.79. The second-order valence-electron chi connectivity index (χ2n) is 8.03. The van der Waals surface area contributed by atoms with Crippen LogP contribution in [0.2, 0.25) is 0 Å². The zero-order chi connectivity index (χ0) is 22.2. The van der Waals surface area contributed by atoms with Crippen LogP contribution in [0.15, 0.2) is 43.0 Å². The predicted octanol–water partition coefficient (Wildman–Crippen LogP) is 2.12. The number of piperazine rings is 1. The van der Waals surface area contributed by atoms with Gasteiger partial charge in [-0.1, -0.05) is 0 Å². The normalized spacial score (nSPS) is 18.8. The molecule has 32 heavy (non-hydrogen) atoms. The Morgan fingerprint density at radius 3 is 2.78 bits per heavy atom. The predicted molar refractivity (Wildman–Crippen MR) is 121 cm³/mol. The van der Waals surface area contributed by atoms with Gasteiger partial charge in [-0.3, -0.25) is 4.79 Å². The van der Waals surface area contributed by atoms with Crippen molar-refractivity contribution in [3.05, 3.63) is 48.5 Å². The molecule has 0 unspecified atom stereocenters. The van der Waals surface area contributed by atoms with Crippen LogP contribution in [0.5, 0.6) is 6.01 Å². The molecule has 10 heteroatoms. The number of carbonyl (C=O) groups is 1. The van der Waals surface area contributed by atoms with Gasteiger partial charge in [0.2, 0.25) is 0 Å². The fraction of sp³-hybridized carbons (Fsp3) is 0.318. The van der Waals surface area contributed by atoms with E-state index in [1.165, 1.54) is 7.11 Å². The minimum absolute atomic E-state index is 0.211. The first kappa shape index (κ1) is 20.1. The number of nitrogens with one attached hydrogen (secondary N) is 2. The summed E-state index contributed by atoms with van der Waals surface area (Å²) < 4.78 is 6.85. The Kier molecular flexibility index (Phi) is 5.06. The number of hydrogen-bond donors (Lipinski definition) is 2. The lowest BCUT2D eigenvalue weighted by molar-refractivity contribution is 0.102. The minimum Gasteiger partial charge on any atom is -0.467 e. The maximum absolute atomic E-state index is 13.3. The highest BCUT2D eigenvalue weighted by Gasteiger charge is 2.25. The summed E-state index contributed by atoms with van der Waals surface area (Å²) in [5.74, 6) is -0.301. The van der Waals surface area contributed by atoms with Crippen LogP contribution in [-0.4, -0.2) is 62.8 Å². The van der Waals surface area contributed by atoms with Crippen molar-refractivity contribution in [3.63, 3.8) is 0 Å². The lowest BCUT2D eigenvalue weighted by atomic mass is 10.0. The quantitative estimate of drug-likeness (QED) is 0.505. The molecule has 5 rings (SSSR count). The fourth-order valence-corrected chi connectivity index (χ4v) is 4.28. The van der Waals surface area contributed by atoms with Crippen LogP contribution in [0.3, 0.4) is 0 Å². The number of methoxy groups -OCH3 is 1. The van der Waals surface area contributed by atoms with Crippen molar-refractivity contribution in [2.45, 2.75) is 25.9 Å². The molecule has 10 nitrogen and oxygen atoms in total. The van der Waals surface area contributed by atoms with E-state index >= 15 is 0 Å². The van der Waals surface area contributed by atoms with Gasteiger partial charge in [0.1, 0.15) is 5.69 Å². The zero-order valence-electron chi connectivity index (χ0n) is 18.1. The summed E-state index contributed by atoms with van der Waals surface area (Å²) in [5.41, 5.74) is 3.06. The first-order valence-corrected chi connectivity index (χ1v) is 10.5. The van der Waals surface area contributed by atoms with Gasteiger partial charge in [-0.05, 0) is 32.0 Å². The van der Waals surface area contributed by atoms with Crippen LogP contribution in [0.1, 0.15) is 24.2 Å².